The number of ether oxygens (including phenoxy) is 2. The first-order chi connectivity index (χ1) is 30.7. The number of hydrogen-bond donors (Lipinski definition) is 0. The zero-order valence-electron chi connectivity index (χ0n) is 34.1. The highest BCUT2D eigenvalue weighted by atomic mass is 16.5. The Hall–Kier alpha value is -8.08. The van der Waals surface area contributed by atoms with Crippen molar-refractivity contribution < 1.29 is 9.47 Å². The molecule has 2 aliphatic rings. The van der Waals surface area contributed by atoms with Crippen LogP contribution in [0.4, 0.5) is 34.1 Å². The Labute approximate surface area is 362 Å². The van der Waals surface area contributed by atoms with Crippen LogP contribution in [0.15, 0.2) is 231 Å². The number of para-hydroxylation sites is 4. The van der Waals surface area contributed by atoms with Crippen molar-refractivity contribution in [3.05, 3.63) is 253 Å². The van der Waals surface area contributed by atoms with Gasteiger partial charge in [0.05, 0.1) is 0 Å². The van der Waals surface area contributed by atoms with Gasteiger partial charge in [0.25, 0.3) is 0 Å². The minimum atomic E-state index is 0.802. The first-order valence-electron chi connectivity index (χ1n) is 21.2. The van der Waals surface area contributed by atoms with Gasteiger partial charge in [0.2, 0.25) is 0 Å². The molecule has 0 aromatic heterocycles. The lowest BCUT2D eigenvalue weighted by atomic mass is 9.95. The summed E-state index contributed by atoms with van der Waals surface area (Å²) < 4.78 is 12.2. The molecule has 0 spiro atoms. The zero-order valence-corrected chi connectivity index (χ0v) is 34.1. The third-order valence-corrected chi connectivity index (χ3v) is 11.8. The highest BCUT2D eigenvalue weighted by Gasteiger charge is 2.30. The van der Waals surface area contributed by atoms with Crippen molar-refractivity contribution in [2.45, 2.75) is 12.8 Å². The average molecular weight is 799 g/mol. The maximum Gasteiger partial charge on any atom is 0.127 e. The van der Waals surface area contributed by atoms with Gasteiger partial charge in [-0.2, -0.15) is 0 Å². The second-order valence-electron chi connectivity index (χ2n) is 15.7. The van der Waals surface area contributed by atoms with Crippen LogP contribution in [0.25, 0.3) is 22.3 Å². The van der Waals surface area contributed by atoms with Gasteiger partial charge in [0.1, 0.15) is 23.0 Å². The molecule has 296 valence electrons. The van der Waals surface area contributed by atoms with Gasteiger partial charge in [0, 0.05) is 34.1 Å². The third kappa shape index (κ3) is 7.29. The van der Waals surface area contributed by atoms with E-state index < -0.39 is 0 Å². The molecule has 9 aromatic rings. The normalized spacial score (nSPS) is 12.3. The Balaban J connectivity index is 0.824. The number of allylic oxidation sites excluding steroid dienone is 2. The summed E-state index contributed by atoms with van der Waals surface area (Å²) in [5, 5.41) is 0. The van der Waals surface area contributed by atoms with Crippen LogP contribution >= 0.6 is 0 Å². The van der Waals surface area contributed by atoms with E-state index in [4.69, 9.17) is 9.47 Å². The Morgan fingerprint density at radius 3 is 1.10 bits per heavy atom. The van der Waals surface area contributed by atoms with E-state index in [1.165, 1.54) is 44.5 Å². The SMILES string of the molecule is c1ccc(Oc2ccc(N(c3ccccc3)c3ccc(-c4ccc5c(c4)CC4=C5Cc5cc(N(c6ccccc6)c6ccc(Oc7ccccc7)cc6)ccc54)cc3)cc2)cc1. The van der Waals surface area contributed by atoms with Crippen molar-refractivity contribution in [1.29, 1.82) is 0 Å². The van der Waals surface area contributed by atoms with Crippen molar-refractivity contribution in [3.63, 3.8) is 0 Å². The smallest absolute Gasteiger partial charge is 0.127 e. The van der Waals surface area contributed by atoms with Gasteiger partial charge in [-0.3, -0.25) is 0 Å². The van der Waals surface area contributed by atoms with Crippen molar-refractivity contribution in [3.8, 4) is 34.1 Å². The number of nitrogens with zero attached hydrogens (tertiary/aromatic N) is 2. The van der Waals surface area contributed by atoms with Crippen LogP contribution in [0.3, 0.4) is 0 Å². The molecule has 0 saturated heterocycles. The Bertz CT molecular complexity index is 3020. The summed E-state index contributed by atoms with van der Waals surface area (Å²) in [6.45, 7) is 0. The summed E-state index contributed by atoms with van der Waals surface area (Å²) >= 11 is 0. The minimum absolute atomic E-state index is 0.802. The number of fused-ring (bicyclic) bond motifs is 4. The molecular weight excluding hydrogens is 757 g/mol. The van der Waals surface area contributed by atoms with Crippen LogP contribution in [0, 0.1) is 0 Å². The molecule has 62 heavy (non-hydrogen) atoms. The summed E-state index contributed by atoms with van der Waals surface area (Å²) in [4.78, 5) is 4.62. The molecule has 0 bridgehead atoms. The molecule has 0 radical (unpaired) electrons. The molecule has 2 aliphatic carbocycles. The quantitative estimate of drug-likeness (QED) is 0.130. The molecule has 0 amide bonds. The van der Waals surface area contributed by atoms with E-state index in [1.807, 2.05) is 84.9 Å². The van der Waals surface area contributed by atoms with Gasteiger partial charge >= 0.3 is 0 Å². The lowest BCUT2D eigenvalue weighted by molar-refractivity contribution is 0.482. The molecule has 0 heterocycles. The first kappa shape index (κ1) is 37.0. The summed E-state index contributed by atoms with van der Waals surface area (Å²) in [5.41, 5.74) is 17.5. The summed E-state index contributed by atoms with van der Waals surface area (Å²) in [7, 11) is 0. The van der Waals surface area contributed by atoms with Crippen LogP contribution in [0.1, 0.15) is 22.3 Å². The number of benzene rings is 9. The standard InChI is InChI=1S/C58H42N2O2/c1-5-13-45(14-6-1)59(48-26-31-53(32-27-48)61-51-17-9-3-10-18-51)47-24-21-41(22-25-47)42-23-35-55-43(37-42)39-57-56-36-30-50(38-44(56)40-58(55)57)60(46-15-7-2-8-16-46)49-28-33-54(34-29-49)62-52-19-11-4-12-20-52/h1-38H,39-40H2. The summed E-state index contributed by atoms with van der Waals surface area (Å²) in [5.74, 6) is 3.26. The van der Waals surface area contributed by atoms with Crippen LogP contribution in [0.2, 0.25) is 0 Å². The van der Waals surface area contributed by atoms with E-state index in [2.05, 4.69) is 155 Å². The molecule has 0 atom stereocenters. The molecule has 11 rings (SSSR count). The third-order valence-electron chi connectivity index (χ3n) is 11.8. The zero-order chi connectivity index (χ0) is 41.2. The highest BCUT2D eigenvalue weighted by Crippen LogP contribution is 2.49. The molecule has 0 aliphatic heterocycles. The van der Waals surface area contributed by atoms with Crippen molar-refractivity contribution in [1.82, 2.24) is 0 Å². The second kappa shape index (κ2) is 16.2. The van der Waals surface area contributed by atoms with Gasteiger partial charge < -0.3 is 19.3 Å². The topological polar surface area (TPSA) is 24.9 Å². The fraction of sp³-hybridized carbons (Fsp3) is 0.0345. The van der Waals surface area contributed by atoms with Crippen LogP contribution < -0.4 is 19.3 Å². The number of anilines is 6. The molecule has 4 nitrogen and oxygen atoms in total. The molecule has 0 saturated carbocycles. The van der Waals surface area contributed by atoms with Gasteiger partial charge in [-0.25, -0.2) is 0 Å². The van der Waals surface area contributed by atoms with E-state index in [9.17, 15) is 0 Å². The lowest BCUT2D eigenvalue weighted by Gasteiger charge is -2.26. The van der Waals surface area contributed by atoms with Gasteiger partial charge in [-0.1, -0.05) is 109 Å². The Morgan fingerprint density at radius 2 is 0.613 bits per heavy atom. The van der Waals surface area contributed by atoms with E-state index in [0.29, 0.717) is 0 Å². The van der Waals surface area contributed by atoms with Crippen molar-refractivity contribution in [2.24, 2.45) is 0 Å². The molecule has 0 N–H and O–H groups in total. The molecule has 0 unspecified atom stereocenters. The number of hydrogen-bond acceptors (Lipinski definition) is 4. The minimum Gasteiger partial charge on any atom is -0.457 e. The first-order valence-corrected chi connectivity index (χ1v) is 21.2. The molecule has 9 aromatic carbocycles. The lowest BCUT2D eigenvalue weighted by Crippen LogP contribution is -2.10. The molecule has 0 fully saturated rings. The van der Waals surface area contributed by atoms with Crippen LogP contribution in [-0.4, -0.2) is 0 Å². The molecule has 4 heteroatoms. The average Bonchev–Trinajstić information content (AvgIpc) is 3.87. The molecular formula is C58H42N2O2. The summed E-state index contributed by atoms with van der Waals surface area (Å²) in [6, 6.07) is 80.6. The Kier molecular flexibility index (Phi) is 9.64. The van der Waals surface area contributed by atoms with Gasteiger partial charge in [-0.15, -0.1) is 0 Å². The second-order valence-corrected chi connectivity index (χ2v) is 15.7. The van der Waals surface area contributed by atoms with Gasteiger partial charge in [0.15, 0.2) is 0 Å². The monoisotopic (exact) mass is 798 g/mol. The number of rotatable bonds is 11. The highest BCUT2D eigenvalue weighted by molar-refractivity contribution is 6.03. The fourth-order valence-electron chi connectivity index (χ4n) is 8.91. The van der Waals surface area contributed by atoms with Crippen LogP contribution in [-0.2, 0) is 12.8 Å². The van der Waals surface area contributed by atoms with Crippen molar-refractivity contribution in [2.75, 3.05) is 9.80 Å². The maximum atomic E-state index is 6.12. The summed E-state index contributed by atoms with van der Waals surface area (Å²) in [6.07, 6.45) is 1.88. The van der Waals surface area contributed by atoms with E-state index in [0.717, 1.165) is 70.0 Å². The van der Waals surface area contributed by atoms with Gasteiger partial charge in [-0.05, 0) is 179 Å². The van der Waals surface area contributed by atoms with Crippen LogP contribution in [0.5, 0.6) is 23.0 Å². The predicted octanol–water partition coefficient (Wildman–Crippen LogP) is 15.9. The van der Waals surface area contributed by atoms with E-state index >= 15 is 0 Å². The maximum absolute atomic E-state index is 6.12. The van der Waals surface area contributed by atoms with E-state index in [1.54, 1.807) is 0 Å². The Morgan fingerprint density at radius 1 is 0.274 bits per heavy atom. The largest absolute Gasteiger partial charge is 0.457 e. The van der Waals surface area contributed by atoms with E-state index in [-0.39, 0.29) is 0 Å². The van der Waals surface area contributed by atoms with Crippen molar-refractivity contribution >= 4 is 45.3 Å². The predicted molar refractivity (Wildman–Crippen MR) is 255 cm³/mol. The fourth-order valence-corrected chi connectivity index (χ4v) is 8.91.